The Morgan fingerprint density at radius 1 is 0.697 bits per heavy atom. The molecule has 0 atom stereocenters. The van der Waals surface area contributed by atoms with E-state index in [9.17, 15) is 14.4 Å². The van der Waals surface area contributed by atoms with E-state index < -0.39 is 17.8 Å². The van der Waals surface area contributed by atoms with E-state index in [1.54, 1.807) is 12.1 Å². The van der Waals surface area contributed by atoms with Crippen molar-refractivity contribution in [3.63, 3.8) is 0 Å². The van der Waals surface area contributed by atoms with Gasteiger partial charge in [0, 0.05) is 14.1 Å². The van der Waals surface area contributed by atoms with Crippen molar-refractivity contribution in [3.05, 3.63) is 71.8 Å². The molecule has 0 bridgehead atoms. The lowest BCUT2D eigenvalue weighted by Gasteiger charge is -2.38. The van der Waals surface area contributed by atoms with E-state index in [-0.39, 0.29) is 5.57 Å². The predicted octanol–water partition coefficient (Wildman–Crippen LogP) is 4.80. The van der Waals surface area contributed by atoms with Gasteiger partial charge in [0.2, 0.25) is 0 Å². The number of fused-ring (bicyclic) bond motifs is 4. The number of likely N-dealkylation sites (N-methyl/N-ethyl adjacent to an activating group) is 2. The van der Waals surface area contributed by atoms with Gasteiger partial charge in [-0.2, -0.15) is 0 Å². The van der Waals surface area contributed by atoms with E-state index in [0.717, 1.165) is 26.9 Å². The average molecular weight is 439 g/mol. The summed E-state index contributed by atoms with van der Waals surface area (Å²) in [6.45, 7) is 0. The van der Waals surface area contributed by atoms with Crippen LogP contribution in [-0.2, 0) is 9.59 Å². The van der Waals surface area contributed by atoms with Gasteiger partial charge in [-0.25, -0.2) is 4.79 Å². The highest BCUT2D eigenvalue weighted by Gasteiger charge is 2.39. The van der Waals surface area contributed by atoms with Crippen LogP contribution in [-0.4, -0.2) is 41.7 Å². The lowest BCUT2D eigenvalue weighted by Crippen LogP contribution is -2.52. The molecule has 8 heteroatoms. The monoisotopic (exact) mass is 439 g/mol. The van der Waals surface area contributed by atoms with E-state index in [1.165, 1.54) is 20.2 Å². The molecule has 0 aromatic heterocycles. The Hall–Kier alpha value is -4.59. The first kappa shape index (κ1) is 19.1. The molecular weight excluding hydrogens is 422 g/mol. The van der Waals surface area contributed by atoms with Gasteiger partial charge in [-0.05, 0) is 48.0 Å². The van der Waals surface area contributed by atoms with Gasteiger partial charge >= 0.3 is 6.03 Å². The number of amides is 4. The number of para-hydroxylation sites is 4. The summed E-state index contributed by atoms with van der Waals surface area (Å²) < 4.78 is 12.4. The zero-order chi connectivity index (χ0) is 22.9. The first-order valence-corrected chi connectivity index (χ1v) is 10.3. The normalized spacial score (nSPS) is 16.0. The third-order valence-electron chi connectivity index (χ3n) is 5.89. The molecule has 6 rings (SSSR count). The van der Waals surface area contributed by atoms with Crippen molar-refractivity contribution in [2.45, 2.75) is 0 Å². The van der Waals surface area contributed by atoms with Crippen molar-refractivity contribution in [3.8, 4) is 23.0 Å². The number of anilines is 3. The molecule has 3 aliphatic heterocycles. The average Bonchev–Trinajstić information content (AvgIpc) is 2.84. The second kappa shape index (κ2) is 6.70. The van der Waals surface area contributed by atoms with Gasteiger partial charge in [-0.15, -0.1) is 0 Å². The number of carbonyl (C=O) groups is 3. The summed E-state index contributed by atoms with van der Waals surface area (Å²) >= 11 is 0. The number of ether oxygens (including phenoxy) is 2. The number of nitrogens with zero attached hydrogens (tertiary/aromatic N) is 3. The Balaban J connectivity index is 1.53. The summed E-state index contributed by atoms with van der Waals surface area (Å²) in [6, 6.07) is 18.2. The molecule has 0 N–H and O–H groups in total. The number of rotatable bonds is 1. The Bertz CT molecular complexity index is 1330. The van der Waals surface area contributed by atoms with Gasteiger partial charge in [0.25, 0.3) is 11.8 Å². The van der Waals surface area contributed by atoms with Crippen molar-refractivity contribution in [1.29, 1.82) is 0 Å². The molecule has 0 saturated carbocycles. The Morgan fingerprint density at radius 3 is 1.70 bits per heavy atom. The molecule has 0 unspecified atom stereocenters. The number of benzene rings is 3. The highest BCUT2D eigenvalue weighted by atomic mass is 16.5. The number of hydrogen-bond acceptors (Lipinski definition) is 6. The standard InChI is InChI=1S/C25H17N3O5/c1-26-23(29)15(24(30)27(2)25(26)31)11-14-12-20-22-21(13-14)33-19-10-6-4-8-17(19)28(22)16-7-3-5-9-18(16)32-20/h3-13H,1-2H3. The molecular formula is C25H17N3O5. The fraction of sp³-hybridized carbons (Fsp3) is 0.0800. The molecule has 0 radical (unpaired) electrons. The van der Waals surface area contributed by atoms with E-state index >= 15 is 0 Å². The summed E-state index contributed by atoms with van der Waals surface area (Å²) in [4.78, 5) is 41.3. The van der Waals surface area contributed by atoms with Crippen LogP contribution in [0.2, 0.25) is 0 Å². The van der Waals surface area contributed by atoms with Crippen LogP contribution >= 0.6 is 0 Å². The van der Waals surface area contributed by atoms with Crippen LogP contribution in [0, 0.1) is 0 Å². The molecule has 0 aliphatic carbocycles. The smallest absolute Gasteiger partial charge is 0.333 e. The fourth-order valence-corrected chi connectivity index (χ4v) is 4.27. The van der Waals surface area contributed by atoms with Crippen LogP contribution in [0.4, 0.5) is 21.9 Å². The van der Waals surface area contributed by atoms with E-state index in [0.29, 0.717) is 28.6 Å². The molecule has 1 fully saturated rings. The van der Waals surface area contributed by atoms with E-state index in [4.69, 9.17) is 9.47 Å². The highest BCUT2D eigenvalue weighted by Crippen LogP contribution is 2.59. The number of hydrogen-bond donors (Lipinski definition) is 0. The van der Waals surface area contributed by atoms with Crippen molar-refractivity contribution < 1.29 is 23.9 Å². The van der Waals surface area contributed by atoms with Crippen molar-refractivity contribution in [2.75, 3.05) is 19.0 Å². The first-order chi connectivity index (χ1) is 15.9. The van der Waals surface area contributed by atoms with Crippen molar-refractivity contribution >= 4 is 41.0 Å². The lowest BCUT2D eigenvalue weighted by atomic mass is 10.0. The number of carbonyl (C=O) groups excluding carboxylic acids is 3. The fourth-order valence-electron chi connectivity index (χ4n) is 4.27. The minimum atomic E-state index is -0.668. The first-order valence-electron chi connectivity index (χ1n) is 10.3. The largest absolute Gasteiger partial charge is 0.453 e. The van der Waals surface area contributed by atoms with Gasteiger partial charge in [0.05, 0.1) is 11.4 Å². The zero-order valence-electron chi connectivity index (χ0n) is 17.7. The Kier molecular flexibility index (Phi) is 3.88. The van der Waals surface area contributed by atoms with Crippen molar-refractivity contribution in [2.24, 2.45) is 0 Å². The molecule has 8 nitrogen and oxygen atoms in total. The Labute approximate surface area is 188 Å². The van der Waals surface area contributed by atoms with E-state index in [1.807, 2.05) is 48.5 Å². The van der Waals surface area contributed by atoms with Gasteiger partial charge < -0.3 is 9.47 Å². The Morgan fingerprint density at radius 2 is 1.18 bits per heavy atom. The minimum Gasteiger partial charge on any atom is -0.453 e. The van der Waals surface area contributed by atoms with Gasteiger partial charge in [-0.3, -0.25) is 24.3 Å². The summed E-state index contributed by atoms with van der Waals surface area (Å²) in [5, 5.41) is 0. The van der Waals surface area contributed by atoms with Gasteiger partial charge in [-0.1, -0.05) is 24.3 Å². The molecule has 1 saturated heterocycles. The third-order valence-corrected chi connectivity index (χ3v) is 5.89. The van der Waals surface area contributed by atoms with Crippen molar-refractivity contribution in [1.82, 2.24) is 9.80 Å². The summed E-state index contributed by atoms with van der Waals surface area (Å²) in [7, 11) is 2.69. The third kappa shape index (κ3) is 2.67. The van der Waals surface area contributed by atoms with Crippen LogP contribution in [0.3, 0.4) is 0 Å². The lowest BCUT2D eigenvalue weighted by molar-refractivity contribution is -0.134. The second-order valence-corrected chi connectivity index (χ2v) is 7.91. The molecule has 3 heterocycles. The highest BCUT2D eigenvalue weighted by molar-refractivity contribution is 6.30. The summed E-state index contributed by atoms with van der Waals surface area (Å²) in [5.41, 5.74) is 2.92. The second-order valence-electron chi connectivity index (χ2n) is 7.91. The minimum absolute atomic E-state index is 0.115. The van der Waals surface area contributed by atoms with Crippen LogP contribution in [0.5, 0.6) is 23.0 Å². The predicted molar refractivity (Wildman–Crippen MR) is 120 cm³/mol. The molecule has 3 aromatic rings. The van der Waals surface area contributed by atoms with Gasteiger partial charge in [0.1, 0.15) is 11.3 Å². The van der Waals surface area contributed by atoms with Gasteiger partial charge in [0.15, 0.2) is 23.0 Å². The maximum Gasteiger partial charge on any atom is 0.333 e. The molecule has 3 aromatic carbocycles. The molecule has 0 spiro atoms. The number of imide groups is 2. The van der Waals surface area contributed by atoms with Crippen LogP contribution < -0.4 is 14.4 Å². The maximum absolute atomic E-state index is 12.6. The molecule has 3 aliphatic rings. The van der Waals surface area contributed by atoms with E-state index in [2.05, 4.69) is 4.90 Å². The quantitative estimate of drug-likeness (QED) is 0.276. The summed E-state index contributed by atoms with van der Waals surface area (Å²) in [6.07, 6.45) is 1.46. The molecule has 33 heavy (non-hydrogen) atoms. The SMILES string of the molecule is CN1C(=O)C(=Cc2cc3c4c(c2)Oc2ccccc2N4c2ccccc2O3)C(=O)N(C)C1=O. The van der Waals surface area contributed by atoms with Crippen LogP contribution in [0.1, 0.15) is 5.56 Å². The molecule has 162 valence electrons. The number of barbiturate groups is 1. The zero-order valence-corrected chi connectivity index (χ0v) is 17.7. The van der Waals surface area contributed by atoms with Crippen LogP contribution in [0.25, 0.3) is 6.08 Å². The molecule has 4 amide bonds. The maximum atomic E-state index is 12.6. The van der Waals surface area contributed by atoms with Crippen LogP contribution in [0.15, 0.2) is 66.2 Å². The number of urea groups is 1. The topological polar surface area (TPSA) is 79.4 Å². The summed E-state index contributed by atoms with van der Waals surface area (Å²) in [5.74, 6) is 1.09.